The Balaban J connectivity index is 1.09. The lowest BCUT2D eigenvalue weighted by atomic mass is 9.81. The summed E-state index contributed by atoms with van der Waals surface area (Å²) in [5, 5.41) is 11.9. The van der Waals surface area contributed by atoms with Crippen molar-refractivity contribution in [1.82, 2.24) is 9.97 Å². The maximum absolute atomic E-state index is 10.8. The summed E-state index contributed by atoms with van der Waals surface area (Å²) < 4.78 is 6.77. The first-order valence-corrected chi connectivity index (χ1v) is 19.0. The molecule has 0 saturated carbocycles. The molecule has 4 heteroatoms. The van der Waals surface area contributed by atoms with Crippen molar-refractivity contribution in [3.05, 3.63) is 187 Å². The van der Waals surface area contributed by atoms with E-state index in [-0.39, 0.29) is 11.2 Å². The fourth-order valence-electron chi connectivity index (χ4n) is 8.48. The first-order chi connectivity index (χ1) is 27.3. The van der Waals surface area contributed by atoms with Gasteiger partial charge in [0.05, 0.1) is 17.1 Å². The van der Waals surface area contributed by atoms with Gasteiger partial charge in [0.2, 0.25) is 0 Å². The van der Waals surface area contributed by atoms with Crippen molar-refractivity contribution in [3.8, 4) is 84.2 Å². The van der Waals surface area contributed by atoms with Crippen LogP contribution in [0.3, 0.4) is 0 Å². The minimum Gasteiger partial charge on any atom is -0.507 e. The number of para-hydroxylation sites is 2. The van der Waals surface area contributed by atoms with Crippen LogP contribution in [0, 0.1) is 6.92 Å². The van der Waals surface area contributed by atoms with Crippen LogP contribution in [0.2, 0.25) is 0 Å². The van der Waals surface area contributed by atoms with Crippen LogP contribution in [0.4, 0.5) is 0 Å². The maximum Gasteiger partial charge on any atom is 0.143 e. The maximum atomic E-state index is 10.8. The van der Waals surface area contributed by atoms with E-state index in [1.807, 2.05) is 61.5 Å². The number of benzene rings is 6. The Morgan fingerprint density at radius 1 is 0.464 bits per heavy atom. The number of hydrogen-bond donors (Lipinski definition) is 1. The summed E-state index contributed by atoms with van der Waals surface area (Å²) in [4.78, 5) is 10.2. The van der Waals surface area contributed by atoms with Gasteiger partial charge in [-0.2, -0.15) is 0 Å². The molecule has 1 N–H and O–H groups in total. The van der Waals surface area contributed by atoms with Gasteiger partial charge in [0.15, 0.2) is 0 Å². The standard InChI is InChI=1S/C52H38N2O2/c1-32-26-38(51-50(42-20-9-12-23-49(42)56-51)36-24-25-40-39-18-7-10-21-43(39)52(2,3)44(40)28-36)31-45(53-32)34-16-13-17-35(27-34)46-29-37(33-14-5-4-6-15-33)30-47(54-46)41-19-8-11-22-48(41)55/h4-31,55H,1-3H3. The van der Waals surface area contributed by atoms with Gasteiger partial charge in [-0.25, -0.2) is 4.98 Å². The van der Waals surface area contributed by atoms with Gasteiger partial charge in [0.25, 0.3) is 0 Å². The highest BCUT2D eigenvalue weighted by Crippen LogP contribution is 2.51. The Kier molecular flexibility index (Phi) is 7.82. The molecule has 268 valence electrons. The zero-order chi connectivity index (χ0) is 38.0. The number of phenols is 1. The molecule has 1 aliphatic rings. The molecule has 0 spiro atoms. The van der Waals surface area contributed by atoms with Crippen LogP contribution in [0.25, 0.3) is 89.4 Å². The smallest absolute Gasteiger partial charge is 0.143 e. The third-order valence-corrected chi connectivity index (χ3v) is 11.2. The largest absolute Gasteiger partial charge is 0.507 e. The monoisotopic (exact) mass is 722 g/mol. The molecular weight excluding hydrogens is 685 g/mol. The quantitative estimate of drug-likeness (QED) is 0.186. The number of phenolic OH excluding ortho intramolecular Hbond substituents is 1. The fraction of sp³-hybridized carbons (Fsp3) is 0.0769. The van der Waals surface area contributed by atoms with Gasteiger partial charge in [-0.3, -0.25) is 4.98 Å². The van der Waals surface area contributed by atoms with Gasteiger partial charge in [0, 0.05) is 44.3 Å². The zero-order valence-electron chi connectivity index (χ0n) is 31.4. The average molecular weight is 723 g/mol. The van der Waals surface area contributed by atoms with Gasteiger partial charge in [-0.15, -0.1) is 0 Å². The van der Waals surface area contributed by atoms with Crippen molar-refractivity contribution in [3.63, 3.8) is 0 Å². The van der Waals surface area contributed by atoms with E-state index < -0.39 is 0 Å². The van der Waals surface area contributed by atoms with E-state index in [2.05, 4.69) is 123 Å². The summed E-state index contributed by atoms with van der Waals surface area (Å²) >= 11 is 0. The van der Waals surface area contributed by atoms with E-state index in [9.17, 15) is 5.11 Å². The number of aryl methyl sites for hydroxylation is 1. The Morgan fingerprint density at radius 2 is 1.11 bits per heavy atom. The summed E-state index contributed by atoms with van der Waals surface area (Å²) in [6.45, 7) is 6.68. The number of aromatic nitrogens is 2. The van der Waals surface area contributed by atoms with E-state index in [1.54, 1.807) is 6.07 Å². The molecule has 0 bridgehead atoms. The lowest BCUT2D eigenvalue weighted by Gasteiger charge is -2.22. The molecule has 1 aliphatic carbocycles. The van der Waals surface area contributed by atoms with E-state index >= 15 is 0 Å². The van der Waals surface area contributed by atoms with Crippen molar-refractivity contribution in [1.29, 1.82) is 0 Å². The van der Waals surface area contributed by atoms with Crippen LogP contribution in [-0.4, -0.2) is 15.1 Å². The Bertz CT molecular complexity index is 2970. The van der Waals surface area contributed by atoms with Gasteiger partial charge in [0.1, 0.15) is 17.1 Å². The Labute approximate surface area is 326 Å². The van der Waals surface area contributed by atoms with Gasteiger partial charge < -0.3 is 9.52 Å². The highest BCUT2D eigenvalue weighted by atomic mass is 16.3. The molecular formula is C52H38N2O2. The SMILES string of the molecule is Cc1cc(-c2oc3ccccc3c2-c2ccc3c(c2)C(C)(C)c2ccccc2-3)cc(-c2cccc(-c3cc(-c4ccccc4)cc(-c4ccccc4O)n3)c2)n1. The number of pyridine rings is 2. The summed E-state index contributed by atoms with van der Waals surface area (Å²) in [5.41, 5.74) is 17.2. The van der Waals surface area contributed by atoms with Crippen LogP contribution in [0.1, 0.15) is 30.7 Å². The molecule has 4 nitrogen and oxygen atoms in total. The predicted octanol–water partition coefficient (Wildman–Crippen LogP) is 13.5. The van der Waals surface area contributed by atoms with Gasteiger partial charge >= 0.3 is 0 Å². The van der Waals surface area contributed by atoms with Gasteiger partial charge in [-0.1, -0.05) is 129 Å². The molecule has 0 radical (unpaired) electrons. The summed E-state index contributed by atoms with van der Waals surface area (Å²) in [5.74, 6) is 1.02. The normalized spacial score (nSPS) is 12.8. The second kappa shape index (κ2) is 13.1. The first-order valence-electron chi connectivity index (χ1n) is 19.0. The van der Waals surface area contributed by atoms with Crippen LogP contribution in [0.15, 0.2) is 174 Å². The van der Waals surface area contributed by atoms with E-state index in [0.717, 1.165) is 72.8 Å². The van der Waals surface area contributed by atoms with E-state index in [4.69, 9.17) is 14.4 Å². The van der Waals surface area contributed by atoms with E-state index in [0.29, 0.717) is 11.3 Å². The topological polar surface area (TPSA) is 59.2 Å². The summed E-state index contributed by atoms with van der Waals surface area (Å²) in [6, 6.07) is 58.4. The lowest BCUT2D eigenvalue weighted by Crippen LogP contribution is -2.14. The predicted molar refractivity (Wildman–Crippen MR) is 228 cm³/mol. The number of aromatic hydroxyl groups is 1. The molecule has 0 fully saturated rings. The lowest BCUT2D eigenvalue weighted by molar-refractivity contribution is 0.477. The highest BCUT2D eigenvalue weighted by molar-refractivity contribution is 6.03. The minimum absolute atomic E-state index is 0.120. The zero-order valence-corrected chi connectivity index (χ0v) is 31.4. The first kappa shape index (κ1) is 33.5. The van der Waals surface area contributed by atoms with Crippen LogP contribution in [0.5, 0.6) is 5.75 Å². The molecule has 0 amide bonds. The van der Waals surface area contributed by atoms with E-state index in [1.165, 1.54) is 22.3 Å². The number of fused-ring (bicyclic) bond motifs is 4. The minimum atomic E-state index is -0.120. The summed E-state index contributed by atoms with van der Waals surface area (Å²) in [7, 11) is 0. The third-order valence-electron chi connectivity index (χ3n) is 11.2. The average Bonchev–Trinajstić information content (AvgIpc) is 3.73. The second-order valence-corrected chi connectivity index (χ2v) is 15.2. The number of rotatable bonds is 6. The molecule has 0 unspecified atom stereocenters. The highest BCUT2D eigenvalue weighted by Gasteiger charge is 2.35. The van der Waals surface area contributed by atoms with Crippen molar-refractivity contribution in [2.45, 2.75) is 26.2 Å². The molecule has 56 heavy (non-hydrogen) atoms. The molecule has 6 aromatic carbocycles. The van der Waals surface area contributed by atoms with Crippen molar-refractivity contribution in [2.24, 2.45) is 0 Å². The number of hydrogen-bond acceptors (Lipinski definition) is 4. The molecule has 3 aromatic heterocycles. The molecule has 0 saturated heterocycles. The third kappa shape index (κ3) is 5.61. The van der Waals surface area contributed by atoms with Gasteiger partial charge in [-0.05, 0) is 100 Å². The molecule has 0 atom stereocenters. The number of nitrogens with zero attached hydrogens (tertiary/aromatic N) is 2. The molecule has 0 aliphatic heterocycles. The number of furan rings is 1. The van der Waals surface area contributed by atoms with Crippen molar-refractivity contribution >= 4 is 11.0 Å². The summed E-state index contributed by atoms with van der Waals surface area (Å²) in [6.07, 6.45) is 0. The van der Waals surface area contributed by atoms with Crippen LogP contribution < -0.4 is 0 Å². The Hall–Kier alpha value is -7.04. The van der Waals surface area contributed by atoms with Crippen LogP contribution >= 0.6 is 0 Å². The fourth-order valence-corrected chi connectivity index (χ4v) is 8.48. The molecule has 9 aromatic rings. The molecule has 3 heterocycles. The van der Waals surface area contributed by atoms with Crippen LogP contribution in [-0.2, 0) is 5.41 Å². The Morgan fingerprint density at radius 3 is 1.93 bits per heavy atom. The second-order valence-electron chi connectivity index (χ2n) is 15.2. The van der Waals surface area contributed by atoms with Crippen molar-refractivity contribution < 1.29 is 9.52 Å². The molecule has 10 rings (SSSR count). The van der Waals surface area contributed by atoms with Crippen molar-refractivity contribution in [2.75, 3.05) is 0 Å².